The lowest BCUT2D eigenvalue weighted by molar-refractivity contribution is -0.140. The summed E-state index contributed by atoms with van der Waals surface area (Å²) in [6, 6.07) is 5.77. The van der Waals surface area contributed by atoms with Crippen molar-refractivity contribution >= 4 is 12.0 Å². The molecule has 0 N–H and O–H groups in total. The van der Waals surface area contributed by atoms with Gasteiger partial charge in [-0.1, -0.05) is 19.9 Å². The first-order valence-corrected chi connectivity index (χ1v) is 9.57. The fraction of sp³-hybridized carbons (Fsp3) is 0.650. The summed E-state index contributed by atoms with van der Waals surface area (Å²) in [6.07, 6.45) is 4.94. The van der Waals surface area contributed by atoms with Gasteiger partial charge in [0.25, 0.3) is 0 Å². The third-order valence-corrected chi connectivity index (χ3v) is 5.29. The number of amides is 2. The number of rotatable bonds is 4. The van der Waals surface area contributed by atoms with Crippen LogP contribution in [0.2, 0.25) is 0 Å². The molecule has 1 atom stereocenters. The van der Waals surface area contributed by atoms with Crippen molar-refractivity contribution in [3.63, 3.8) is 0 Å². The molecule has 2 aliphatic rings. The van der Waals surface area contributed by atoms with Crippen molar-refractivity contribution in [3.8, 4) is 0 Å². The number of likely N-dealkylation sites (tertiary alicyclic amines) is 2. The predicted molar refractivity (Wildman–Crippen MR) is 98.3 cm³/mol. The summed E-state index contributed by atoms with van der Waals surface area (Å²) in [7, 11) is 0. The summed E-state index contributed by atoms with van der Waals surface area (Å²) >= 11 is 0. The fourth-order valence-electron chi connectivity index (χ4n) is 3.96. The number of carbonyl (C=O) groups is 2. The summed E-state index contributed by atoms with van der Waals surface area (Å²) in [5, 5.41) is 0. The van der Waals surface area contributed by atoms with Crippen LogP contribution in [0.15, 0.2) is 24.4 Å². The van der Waals surface area contributed by atoms with Crippen molar-refractivity contribution < 1.29 is 14.3 Å². The van der Waals surface area contributed by atoms with Crippen molar-refractivity contribution in [2.24, 2.45) is 11.3 Å². The zero-order valence-corrected chi connectivity index (χ0v) is 15.8. The molecule has 6 heteroatoms. The van der Waals surface area contributed by atoms with Gasteiger partial charge in [0.15, 0.2) is 0 Å². The summed E-state index contributed by atoms with van der Waals surface area (Å²) in [4.78, 5) is 32.9. The average Bonchev–Trinajstić information content (AvgIpc) is 2.64. The van der Waals surface area contributed by atoms with E-state index in [1.165, 1.54) is 0 Å². The number of aromatic nitrogens is 1. The predicted octanol–water partition coefficient (Wildman–Crippen LogP) is 3.08. The third-order valence-electron chi connectivity index (χ3n) is 5.29. The molecule has 1 aromatic heterocycles. The maximum Gasteiger partial charge on any atom is 0.409 e. The molecular weight excluding hydrogens is 330 g/mol. The molecule has 0 unspecified atom stereocenters. The van der Waals surface area contributed by atoms with Gasteiger partial charge in [-0.25, -0.2) is 4.79 Å². The summed E-state index contributed by atoms with van der Waals surface area (Å²) in [6.45, 7) is 7.17. The van der Waals surface area contributed by atoms with Crippen LogP contribution in [0.4, 0.5) is 4.79 Å². The monoisotopic (exact) mass is 359 g/mol. The highest BCUT2D eigenvalue weighted by Gasteiger charge is 2.43. The summed E-state index contributed by atoms with van der Waals surface area (Å²) in [5.41, 5.74) is 0.888. The van der Waals surface area contributed by atoms with E-state index in [0.717, 1.165) is 31.5 Å². The first-order valence-electron chi connectivity index (χ1n) is 9.57. The lowest BCUT2D eigenvalue weighted by atomic mass is 9.73. The van der Waals surface area contributed by atoms with Gasteiger partial charge in [0.05, 0.1) is 18.8 Å². The lowest BCUT2D eigenvalue weighted by Gasteiger charge is -2.47. The fourth-order valence-corrected chi connectivity index (χ4v) is 3.96. The molecular formula is C20H29N3O3. The van der Waals surface area contributed by atoms with E-state index in [2.05, 4.69) is 4.98 Å². The molecule has 1 aromatic rings. The van der Waals surface area contributed by atoms with E-state index in [9.17, 15) is 9.59 Å². The first kappa shape index (κ1) is 18.7. The minimum Gasteiger partial charge on any atom is -0.449 e. The topological polar surface area (TPSA) is 62.7 Å². The first-order chi connectivity index (χ1) is 12.5. The third kappa shape index (κ3) is 4.54. The van der Waals surface area contributed by atoms with Crippen LogP contribution < -0.4 is 0 Å². The zero-order valence-electron chi connectivity index (χ0n) is 15.8. The van der Waals surface area contributed by atoms with Gasteiger partial charge in [0.2, 0.25) is 5.91 Å². The number of hydrogen-bond acceptors (Lipinski definition) is 4. The molecule has 0 aromatic carbocycles. The van der Waals surface area contributed by atoms with Crippen molar-refractivity contribution in [2.45, 2.75) is 46.1 Å². The Hall–Kier alpha value is -2.11. The van der Waals surface area contributed by atoms with E-state index in [-0.39, 0.29) is 17.4 Å². The minimum atomic E-state index is -0.217. The van der Waals surface area contributed by atoms with E-state index in [0.29, 0.717) is 38.6 Å². The largest absolute Gasteiger partial charge is 0.449 e. The molecule has 0 aliphatic carbocycles. The van der Waals surface area contributed by atoms with Crippen LogP contribution in [0.3, 0.4) is 0 Å². The molecule has 3 heterocycles. The lowest BCUT2D eigenvalue weighted by Crippen LogP contribution is -2.55. The van der Waals surface area contributed by atoms with Crippen LogP contribution in [0.1, 0.15) is 45.2 Å². The highest BCUT2D eigenvalue weighted by Crippen LogP contribution is 2.39. The molecule has 2 amide bonds. The molecule has 6 nitrogen and oxygen atoms in total. The molecule has 0 bridgehead atoms. The van der Waals surface area contributed by atoms with E-state index >= 15 is 0 Å². The SMILES string of the molecule is CC(C)COC(=O)N1CCC[C@@]2(CCC(=O)N(Cc3ccccn3)C2)C1. The van der Waals surface area contributed by atoms with Gasteiger partial charge in [0, 0.05) is 37.7 Å². The maximum absolute atomic E-state index is 12.4. The molecule has 2 aliphatic heterocycles. The Kier molecular flexibility index (Phi) is 5.79. The highest BCUT2D eigenvalue weighted by atomic mass is 16.6. The maximum atomic E-state index is 12.4. The molecule has 0 radical (unpaired) electrons. The normalized spacial score (nSPS) is 23.6. The Bertz CT molecular complexity index is 634. The van der Waals surface area contributed by atoms with Gasteiger partial charge in [-0.05, 0) is 37.3 Å². The van der Waals surface area contributed by atoms with Gasteiger partial charge in [-0.2, -0.15) is 0 Å². The number of piperidine rings is 2. The molecule has 2 fully saturated rings. The Morgan fingerprint density at radius 2 is 2.15 bits per heavy atom. The van der Waals surface area contributed by atoms with Crippen LogP contribution in [0.25, 0.3) is 0 Å². The van der Waals surface area contributed by atoms with Gasteiger partial charge in [-0.15, -0.1) is 0 Å². The average molecular weight is 359 g/mol. The second-order valence-electron chi connectivity index (χ2n) is 8.07. The van der Waals surface area contributed by atoms with E-state index < -0.39 is 0 Å². The van der Waals surface area contributed by atoms with Crippen LogP contribution in [0.5, 0.6) is 0 Å². The number of ether oxygens (including phenoxy) is 1. The Balaban J connectivity index is 1.64. The molecule has 2 saturated heterocycles. The summed E-state index contributed by atoms with van der Waals surface area (Å²) < 4.78 is 5.42. The number of nitrogens with zero attached hydrogens (tertiary/aromatic N) is 3. The second kappa shape index (κ2) is 8.06. The van der Waals surface area contributed by atoms with Crippen molar-refractivity contribution in [1.29, 1.82) is 0 Å². The number of pyridine rings is 1. The molecule has 26 heavy (non-hydrogen) atoms. The zero-order chi connectivity index (χ0) is 18.6. The molecule has 142 valence electrons. The quantitative estimate of drug-likeness (QED) is 0.829. The Morgan fingerprint density at radius 3 is 2.88 bits per heavy atom. The Labute approximate surface area is 155 Å². The van der Waals surface area contributed by atoms with Gasteiger partial charge >= 0.3 is 6.09 Å². The highest BCUT2D eigenvalue weighted by molar-refractivity contribution is 5.77. The van der Waals surface area contributed by atoms with E-state index in [1.807, 2.05) is 41.8 Å². The van der Waals surface area contributed by atoms with Crippen LogP contribution in [-0.2, 0) is 16.1 Å². The number of hydrogen-bond donors (Lipinski definition) is 0. The van der Waals surface area contributed by atoms with Crippen molar-refractivity contribution in [1.82, 2.24) is 14.8 Å². The molecule has 3 rings (SSSR count). The van der Waals surface area contributed by atoms with Crippen LogP contribution in [0, 0.1) is 11.3 Å². The second-order valence-corrected chi connectivity index (χ2v) is 8.07. The Morgan fingerprint density at radius 1 is 1.31 bits per heavy atom. The van der Waals surface area contributed by atoms with Gasteiger partial charge in [-0.3, -0.25) is 9.78 Å². The smallest absolute Gasteiger partial charge is 0.409 e. The molecule has 0 saturated carbocycles. The van der Waals surface area contributed by atoms with Gasteiger partial charge < -0.3 is 14.5 Å². The van der Waals surface area contributed by atoms with Crippen LogP contribution >= 0.6 is 0 Å². The standard InChI is InChI=1S/C20H29N3O3/c1-16(2)13-26-19(25)22-11-5-8-20(14-22)9-7-18(24)23(15-20)12-17-6-3-4-10-21-17/h3-4,6,10,16H,5,7-9,11-15H2,1-2H3/t20-/m1/s1. The minimum absolute atomic E-state index is 0.0161. The number of carbonyl (C=O) groups excluding carboxylic acids is 2. The van der Waals surface area contributed by atoms with E-state index in [4.69, 9.17) is 4.74 Å². The van der Waals surface area contributed by atoms with Gasteiger partial charge in [0.1, 0.15) is 0 Å². The van der Waals surface area contributed by atoms with Crippen molar-refractivity contribution in [2.75, 3.05) is 26.2 Å². The molecule has 1 spiro atoms. The van der Waals surface area contributed by atoms with Crippen LogP contribution in [-0.4, -0.2) is 53.0 Å². The summed E-state index contributed by atoms with van der Waals surface area (Å²) in [5.74, 6) is 0.514. The van der Waals surface area contributed by atoms with Crippen molar-refractivity contribution in [3.05, 3.63) is 30.1 Å². The van der Waals surface area contributed by atoms with E-state index in [1.54, 1.807) is 6.20 Å².